The van der Waals surface area contributed by atoms with Gasteiger partial charge in [0.1, 0.15) is 0 Å². The average molecular weight is 353 g/mol. The van der Waals surface area contributed by atoms with E-state index in [0.29, 0.717) is 11.0 Å². The SMILES string of the molecule is O=C(Nc1noc2cc(Br)ccc12)c1ccc(F)c(F)c1. The lowest BCUT2D eigenvalue weighted by atomic mass is 10.2. The number of carbonyl (C=O) groups is 1. The Morgan fingerprint density at radius 2 is 1.95 bits per heavy atom. The summed E-state index contributed by atoms with van der Waals surface area (Å²) in [5.74, 6) is -2.49. The molecule has 2 aromatic carbocycles. The Hall–Kier alpha value is -2.28. The van der Waals surface area contributed by atoms with Crippen LogP contribution < -0.4 is 5.32 Å². The van der Waals surface area contributed by atoms with Crippen molar-refractivity contribution in [2.45, 2.75) is 0 Å². The first-order chi connectivity index (χ1) is 10.0. The fraction of sp³-hybridized carbons (Fsp3) is 0. The van der Waals surface area contributed by atoms with Crippen molar-refractivity contribution in [2.75, 3.05) is 5.32 Å². The van der Waals surface area contributed by atoms with Crippen LogP contribution in [-0.2, 0) is 0 Å². The molecular weight excluding hydrogens is 346 g/mol. The molecule has 0 aliphatic rings. The maximum absolute atomic E-state index is 13.1. The lowest BCUT2D eigenvalue weighted by molar-refractivity contribution is 0.102. The summed E-state index contributed by atoms with van der Waals surface area (Å²) in [4.78, 5) is 12.0. The van der Waals surface area contributed by atoms with Crippen molar-refractivity contribution < 1.29 is 18.1 Å². The molecule has 0 spiro atoms. The van der Waals surface area contributed by atoms with Gasteiger partial charge in [0.25, 0.3) is 5.91 Å². The Kier molecular flexibility index (Phi) is 3.42. The smallest absolute Gasteiger partial charge is 0.257 e. The Morgan fingerprint density at radius 3 is 2.71 bits per heavy atom. The molecule has 0 saturated carbocycles. The lowest BCUT2D eigenvalue weighted by Crippen LogP contribution is -2.12. The Balaban J connectivity index is 1.91. The van der Waals surface area contributed by atoms with Crippen LogP contribution in [0, 0.1) is 11.6 Å². The summed E-state index contributed by atoms with van der Waals surface area (Å²) in [6, 6.07) is 8.09. The fourth-order valence-electron chi connectivity index (χ4n) is 1.82. The van der Waals surface area contributed by atoms with Crippen molar-refractivity contribution in [1.82, 2.24) is 5.16 Å². The molecule has 0 bridgehead atoms. The van der Waals surface area contributed by atoms with Gasteiger partial charge in [-0.15, -0.1) is 0 Å². The second-order valence-electron chi connectivity index (χ2n) is 4.25. The van der Waals surface area contributed by atoms with Crippen molar-refractivity contribution in [3.63, 3.8) is 0 Å². The van der Waals surface area contributed by atoms with Crippen molar-refractivity contribution >= 4 is 38.6 Å². The topological polar surface area (TPSA) is 55.1 Å². The summed E-state index contributed by atoms with van der Waals surface area (Å²) >= 11 is 3.29. The number of halogens is 3. The van der Waals surface area contributed by atoms with E-state index in [2.05, 4.69) is 26.4 Å². The Labute approximate surface area is 125 Å². The van der Waals surface area contributed by atoms with E-state index in [1.54, 1.807) is 18.2 Å². The molecule has 106 valence electrons. The monoisotopic (exact) mass is 352 g/mol. The summed E-state index contributed by atoms with van der Waals surface area (Å²) in [6.07, 6.45) is 0. The number of carbonyl (C=O) groups excluding carboxylic acids is 1. The van der Waals surface area contributed by atoms with Gasteiger partial charge in [0.2, 0.25) is 0 Å². The van der Waals surface area contributed by atoms with Crippen LogP contribution in [0.15, 0.2) is 45.4 Å². The largest absolute Gasteiger partial charge is 0.354 e. The van der Waals surface area contributed by atoms with Crippen molar-refractivity contribution in [3.05, 3.63) is 58.1 Å². The van der Waals surface area contributed by atoms with E-state index in [-0.39, 0.29) is 11.4 Å². The van der Waals surface area contributed by atoms with Crippen LogP contribution in [0.5, 0.6) is 0 Å². The minimum absolute atomic E-state index is 0.0119. The Morgan fingerprint density at radius 1 is 1.14 bits per heavy atom. The van der Waals surface area contributed by atoms with E-state index in [1.807, 2.05) is 0 Å². The van der Waals surface area contributed by atoms with E-state index in [9.17, 15) is 13.6 Å². The van der Waals surface area contributed by atoms with E-state index in [0.717, 1.165) is 16.6 Å². The molecule has 3 aromatic rings. The number of nitrogens with zero attached hydrogens (tertiary/aromatic N) is 1. The molecule has 21 heavy (non-hydrogen) atoms. The molecule has 0 aliphatic carbocycles. The van der Waals surface area contributed by atoms with Crippen molar-refractivity contribution in [1.29, 1.82) is 0 Å². The van der Waals surface area contributed by atoms with Gasteiger partial charge < -0.3 is 9.84 Å². The van der Waals surface area contributed by atoms with Crippen LogP contribution in [0.2, 0.25) is 0 Å². The third kappa shape index (κ3) is 2.64. The van der Waals surface area contributed by atoms with E-state index < -0.39 is 17.5 Å². The van der Waals surface area contributed by atoms with E-state index >= 15 is 0 Å². The molecule has 1 N–H and O–H groups in total. The van der Waals surface area contributed by atoms with Crippen LogP contribution in [0.3, 0.4) is 0 Å². The molecule has 0 aliphatic heterocycles. The van der Waals surface area contributed by atoms with E-state index in [4.69, 9.17) is 4.52 Å². The third-order valence-electron chi connectivity index (χ3n) is 2.85. The van der Waals surface area contributed by atoms with E-state index in [1.165, 1.54) is 6.07 Å². The molecule has 1 heterocycles. The van der Waals surface area contributed by atoms with Crippen LogP contribution in [0.4, 0.5) is 14.6 Å². The second-order valence-corrected chi connectivity index (χ2v) is 5.17. The number of fused-ring (bicyclic) bond motifs is 1. The van der Waals surface area contributed by atoms with Gasteiger partial charge in [0.05, 0.1) is 5.39 Å². The minimum Gasteiger partial charge on any atom is -0.354 e. The molecule has 0 fully saturated rings. The first-order valence-corrected chi connectivity index (χ1v) is 6.65. The molecule has 0 unspecified atom stereocenters. The van der Waals surface area contributed by atoms with Crippen molar-refractivity contribution in [3.8, 4) is 0 Å². The number of hydrogen-bond donors (Lipinski definition) is 1. The van der Waals surface area contributed by atoms with Gasteiger partial charge in [-0.2, -0.15) is 0 Å². The normalized spacial score (nSPS) is 10.8. The zero-order chi connectivity index (χ0) is 15.0. The molecule has 3 rings (SSSR count). The summed E-state index contributed by atoms with van der Waals surface area (Å²) in [5, 5.41) is 6.85. The highest BCUT2D eigenvalue weighted by molar-refractivity contribution is 9.10. The molecule has 0 saturated heterocycles. The molecule has 7 heteroatoms. The number of anilines is 1. The zero-order valence-electron chi connectivity index (χ0n) is 10.4. The molecular formula is C14H7BrF2N2O2. The molecule has 1 aromatic heterocycles. The first kappa shape index (κ1) is 13.7. The van der Waals surface area contributed by atoms with Gasteiger partial charge >= 0.3 is 0 Å². The lowest BCUT2D eigenvalue weighted by Gasteiger charge is -2.02. The van der Waals surface area contributed by atoms with Crippen LogP contribution in [0.1, 0.15) is 10.4 Å². The predicted octanol–water partition coefficient (Wildman–Crippen LogP) is 4.12. The maximum atomic E-state index is 13.1. The molecule has 0 atom stereocenters. The molecule has 1 amide bonds. The predicted molar refractivity (Wildman–Crippen MR) is 76.0 cm³/mol. The minimum atomic E-state index is -1.09. The van der Waals surface area contributed by atoms with Gasteiger partial charge in [-0.25, -0.2) is 8.78 Å². The highest BCUT2D eigenvalue weighted by Gasteiger charge is 2.14. The quantitative estimate of drug-likeness (QED) is 0.754. The van der Waals surface area contributed by atoms with Crippen LogP contribution in [0.25, 0.3) is 11.0 Å². The number of benzene rings is 2. The summed E-state index contributed by atoms with van der Waals surface area (Å²) in [7, 11) is 0. The highest BCUT2D eigenvalue weighted by atomic mass is 79.9. The van der Waals surface area contributed by atoms with Crippen LogP contribution in [-0.4, -0.2) is 11.1 Å². The summed E-state index contributed by atoms with van der Waals surface area (Å²) in [6.45, 7) is 0. The highest BCUT2D eigenvalue weighted by Crippen LogP contribution is 2.26. The van der Waals surface area contributed by atoms with Crippen molar-refractivity contribution in [2.24, 2.45) is 0 Å². The number of amides is 1. The molecule has 4 nitrogen and oxygen atoms in total. The van der Waals surface area contributed by atoms with Gasteiger partial charge in [0, 0.05) is 10.0 Å². The first-order valence-electron chi connectivity index (χ1n) is 5.86. The number of nitrogens with one attached hydrogen (secondary N) is 1. The number of rotatable bonds is 2. The fourth-order valence-corrected chi connectivity index (χ4v) is 2.16. The second kappa shape index (κ2) is 5.25. The van der Waals surface area contributed by atoms with Crippen LogP contribution >= 0.6 is 15.9 Å². The zero-order valence-corrected chi connectivity index (χ0v) is 11.9. The average Bonchev–Trinajstić information content (AvgIpc) is 2.84. The summed E-state index contributed by atoms with van der Waals surface area (Å²) in [5.41, 5.74) is 0.479. The van der Waals surface area contributed by atoms with Gasteiger partial charge in [-0.1, -0.05) is 21.1 Å². The van der Waals surface area contributed by atoms with Gasteiger partial charge in [-0.05, 0) is 36.4 Å². The molecule has 0 radical (unpaired) electrons. The van der Waals surface area contributed by atoms with Gasteiger partial charge in [0.15, 0.2) is 23.0 Å². The van der Waals surface area contributed by atoms with Gasteiger partial charge in [-0.3, -0.25) is 4.79 Å². The third-order valence-corrected chi connectivity index (χ3v) is 3.34. The maximum Gasteiger partial charge on any atom is 0.257 e. The standard InChI is InChI=1S/C14H7BrF2N2O2/c15-8-2-3-9-12(6-8)21-19-13(9)18-14(20)7-1-4-10(16)11(17)5-7/h1-6H,(H,18,19,20). The Bertz CT molecular complexity index is 848. The number of hydrogen-bond acceptors (Lipinski definition) is 3. The summed E-state index contributed by atoms with van der Waals surface area (Å²) < 4.78 is 31.9. The number of aromatic nitrogens is 1.